The summed E-state index contributed by atoms with van der Waals surface area (Å²) in [5.41, 5.74) is 8.08. The van der Waals surface area contributed by atoms with Crippen LogP contribution in [0.4, 0.5) is 0 Å². The van der Waals surface area contributed by atoms with E-state index in [2.05, 4.69) is 52.8 Å². The van der Waals surface area contributed by atoms with E-state index in [-0.39, 0.29) is 0 Å². The third kappa shape index (κ3) is 2.83. The van der Waals surface area contributed by atoms with Crippen LogP contribution in [0.1, 0.15) is 41.4 Å². The maximum Gasteiger partial charge on any atom is 0.118 e. The molecule has 0 amide bonds. The van der Waals surface area contributed by atoms with E-state index in [0.717, 1.165) is 30.8 Å². The fraction of sp³-hybridized carbons (Fsp3) is 0.435. The van der Waals surface area contributed by atoms with Crippen LogP contribution in [0.5, 0.6) is 5.75 Å². The van der Waals surface area contributed by atoms with Gasteiger partial charge >= 0.3 is 0 Å². The van der Waals surface area contributed by atoms with Crippen molar-refractivity contribution in [1.29, 1.82) is 0 Å². The molecule has 0 aliphatic carbocycles. The van der Waals surface area contributed by atoms with Crippen molar-refractivity contribution in [1.82, 2.24) is 14.5 Å². The number of aromatic nitrogens is 2. The Bertz CT molecular complexity index is 973. The standard InChI is InChI=1S/C23H27N3O/c1-16-5-10-21-23(24-16)22-19-4-3-13-25(19)14-12-20(22)26(21)15-11-17-6-8-18(27-2)9-7-17/h5-10,19H,3-4,11-15H2,1-2H3. The predicted octanol–water partition coefficient (Wildman–Crippen LogP) is 4.29. The molecule has 140 valence electrons. The number of ether oxygens (including phenoxy) is 1. The first-order valence-electron chi connectivity index (χ1n) is 10.1. The lowest BCUT2D eigenvalue weighted by Gasteiger charge is -2.30. The summed E-state index contributed by atoms with van der Waals surface area (Å²) in [6, 6.07) is 13.5. The van der Waals surface area contributed by atoms with Crippen molar-refractivity contribution in [2.45, 2.75) is 45.2 Å². The molecule has 0 radical (unpaired) electrons. The number of hydrogen-bond acceptors (Lipinski definition) is 3. The fourth-order valence-electron chi connectivity index (χ4n) is 4.97. The summed E-state index contributed by atoms with van der Waals surface area (Å²) in [6.07, 6.45) is 4.76. The maximum atomic E-state index is 5.28. The zero-order valence-electron chi connectivity index (χ0n) is 16.2. The van der Waals surface area contributed by atoms with E-state index in [1.165, 1.54) is 53.8 Å². The van der Waals surface area contributed by atoms with Gasteiger partial charge in [-0.1, -0.05) is 12.1 Å². The molecule has 1 unspecified atom stereocenters. The zero-order valence-corrected chi connectivity index (χ0v) is 16.2. The van der Waals surface area contributed by atoms with E-state index in [0.29, 0.717) is 6.04 Å². The second kappa shape index (κ2) is 6.68. The van der Waals surface area contributed by atoms with Gasteiger partial charge in [-0.25, -0.2) is 0 Å². The van der Waals surface area contributed by atoms with Crippen LogP contribution >= 0.6 is 0 Å². The number of rotatable bonds is 4. The van der Waals surface area contributed by atoms with Gasteiger partial charge in [-0.2, -0.15) is 0 Å². The Morgan fingerprint density at radius 2 is 1.96 bits per heavy atom. The first-order chi connectivity index (χ1) is 13.2. The number of benzene rings is 1. The van der Waals surface area contributed by atoms with Gasteiger partial charge in [-0.3, -0.25) is 9.88 Å². The Kier molecular flexibility index (Phi) is 4.16. The molecule has 1 aromatic carbocycles. The normalized spacial score (nSPS) is 19.3. The van der Waals surface area contributed by atoms with E-state index in [9.17, 15) is 0 Å². The molecule has 0 N–H and O–H groups in total. The number of fused-ring (bicyclic) bond motifs is 5. The third-order valence-corrected chi connectivity index (χ3v) is 6.31. The summed E-state index contributed by atoms with van der Waals surface area (Å²) >= 11 is 0. The molecule has 0 spiro atoms. The highest BCUT2D eigenvalue weighted by Crippen LogP contribution is 2.42. The van der Waals surface area contributed by atoms with Gasteiger partial charge in [0.2, 0.25) is 0 Å². The molecule has 0 saturated carbocycles. The molecule has 4 heterocycles. The second-order valence-corrected chi connectivity index (χ2v) is 7.87. The van der Waals surface area contributed by atoms with Crippen molar-refractivity contribution in [3.8, 4) is 5.75 Å². The summed E-state index contributed by atoms with van der Waals surface area (Å²) in [4.78, 5) is 7.65. The van der Waals surface area contributed by atoms with Gasteiger partial charge in [0.25, 0.3) is 0 Å². The van der Waals surface area contributed by atoms with Crippen molar-refractivity contribution in [2.75, 3.05) is 20.2 Å². The van der Waals surface area contributed by atoms with Gasteiger partial charge in [0.1, 0.15) is 5.75 Å². The Morgan fingerprint density at radius 1 is 1.11 bits per heavy atom. The topological polar surface area (TPSA) is 30.3 Å². The lowest BCUT2D eigenvalue weighted by atomic mass is 9.98. The summed E-state index contributed by atoms with van der Waals surface area (Å²) in [7, 11) is 1.72. The van der Waals surface area contributed by atoms with Crippen molar-refractivity contribution in [2.24, 2.45) is 0 Å². The summed E-state index contributed by atoms with van der Waals surface area (Å²) in [6.45, 7) is 5.55. The average Bonchev–Trinajstić information content (AvgIpc) is 3.28. The quantitative estimate of drug-likeness (QED) is 0.694. The highest BCUT2D eigenvalue weighted by Gasteiger charge is 2.35. The molecule has 3 aromatic rings. The van der Waals surface area contributed by atoms with Gasteiger partial charge in [-0.05, 0) is 62.6 Å². The molecule has 2 aliphatic rings. The van der Waals surface area contributed by atoms with Crippen molar-refractivity contribution < 1.29 is 4.74 Å². The average molecular weight is 361 g/mol. The fourth-order valence-corrected chi connectivity index (χ4v) is 4.97. The van der Waals surface area contributed by atoms with Crippen molar-refractivity contribution >= 4 is 11.0 Å². The summed E-state index contributed by atoms with van der Waals surface area (Å²) < 4.78 is 7.84. The van der Waals surface area contributed by atoms with E-state index in [1.54, 1.807) is 7.11 Å². The lowest BCUT2D eigenvalue weighted by Crippen LogP contribution is -2.31. The summed E-state index contributed by atoms with van der Waals surface area (Å²) in [5, 5.41) is 0. The third-order valence-electron chi connectivity index (χ3n) is 6.31. The predicted molar refractivity (Wildman–Crippen MR) is 108 cm³/mol. The largest absolute Gasteiger partial charge is 0.497 e. The highest BCUT2D eigenvalue weighted by atomic mass is 16.5. The number of methoxy groups -OCH3 is 1. The molecule has 2 aromatic heterocycles. The molecule has 2 aliphatic heterocycles. The molecule has 1 fully saturated rings. The minimum absolute atomic E-state index is 0.577. The van der Waals surface area contributed by atoms with Crippen LogP contribution in [-0.4, -0.2) is 34.7 Å². The molecule has 27 heavy (non-hydrogen) atoms. The van der Waals surface area contributed by atoms with E-state index in [4.69, 9.17) is 9.72 Å². The van der Waals surface area contributed by atoms with Crippen LogP contribution in [0.15, 0.2) is 36.4 Å². The van der Waals surface area contributed by atoms with Gasteiger partial charge in [0.05, 0.1) is 18.1 Å². The molecule has 4 heteroatoms. The molecular weight excluding hydrogens is 334 g/mol. The van der Waals surface area contributed by atoms with Gasteiger partial charge in [0.15, 0.2) is 0 Å². The monoisotopic (exact) mass is 361 g/mol. The minimum Gasteiger partial charge on any atom is -0.497 e. The maximum absolute atomic E-state index is 5.28. The number of pyridine rings is 1. The summed E-state index contributed by atoms with van der Waals surface area (Å²) in [5.74, 6) is 0.920. The van der Waals surface area contributed by atoms with Crippen molar-refractivity contribution in [3.63, 3.8) is 0 Å². The van der Waals surface area contributed by atoms with Crippen molar-refractivity contribution in [3.05, 3.63) is 58.9 Å². The highest BCUT2D eigenvalue weighted by molar-refractivity contribution is 5.83. The van der Waals surface area contributed by atoms with E-state index >= 15 is 0 Å². The zero-order chi connectivity index (χ0) is 18.4. The molecule has 1 saturated heterocycles. The van der Waals surface area contributed by atoms with Gasteiger partial charge < -0.3 is 9.30 Å². The van der Waals surface area contributed by atoms with Crippen LogP contribution in [0.25, 0.3) is 11.0 Å². The first-order valence-corrected chi connectivity index (χ1v) is 10.1. The number of nitrogens with zero attached hydrogens (tertiary/aromatic N) is 3. The van der Waals surface area contributed by atoms with E-state index in [1.807, 2.05) is 0 Å². The Labute approximate surface area is 160 Å². The molecule has 4 nitrogen and oxygen atoms in total. The Balaban J connectivity index is 1.53. The lowest BCUT2D eigenvalue weighted by molar-refractivity contribution is 0.241. The second-order valence-electron chi connectivity index (χ2n) is 7.87. The number of hydrogen-bond donors (Lipinski definition) is 0. The molecule has 0 bridgehead atoms. The molecular formula is C23H27N3O. The Morgan fingerprint density at radius 3 is 2.78 bits per heavy atom. The van der Waals surface area contributed by atoms with Gasteiger partial charge in [0, 0.05) is 42.5 Å². The van der Waals surface area contributed by atoms with Gasteiger partial charge in [-0.15, -0.1) is 0 Å². The van der Waals surface area contributed by atoms with Crippen LogP contribution in [0.2, 0.25) is 0 Å². The van der Waals surface area contributed by atoms with Crippen LogP contribution in [0.3, 0.4) is 0 Å². The minimum atomic E-state index is 0.577. The SMILES string of the molecule is COc1ccc(CCn2c3c(c4nc(C)ccc42)C2CCCN2CC3)cc1. The smallest absolute Gasteiger partial charge is 0.118 e. The van der Waals surface area contributed by atoms with Crippen LogP contribution < -0.4 is 4.74 Å². The Hall–Kier alpha value is -2.33. The number of aryl methyl sites for hydroxylation is 3. The van der Waals surface area contributed by atoms with Crippen LogP contribution in [-0.2, 0) is 19.4 Å². The molecule has 1 atom stereocenters. The van der Waals surface area contributed by atoms with E-state index < -0.39 is 0 Å². The van der Waals surface area contributed by atoms with Crippen LogP contribution in [0, 0.1) is 6.92 Å². The first kappa shape index (κ1) is 16.8. The molecule has 5 rings (SSSR count).